The van der Waals surface area contributed by atoms with E-state index in [0.29, 0.717) is 0 Å². The Hall–Kier alpha value is -2.88. The van der Waals surface area contributed by atoms with Crippen LogP contribution in [0.4, 0.5) is 19.0 Å². The van der Waals surface area contributed by atoms with Gasteiger partial charge in [-0.05, 0) is 19.5 Å². The average molecular weight is 412 g/mol. The molecule has 0 saturated carbocycles. The maximum Gasteiger partial charge on any atom is 0.390 e. The predicted octanol–water partition coefficient (Wildman–Crippen LogP) is 1.73. The summed E-state index contributed by atoms with van der Waals surface area (Å²) in [5, 5.41) is 0. The monoisotopic (exact) mass is 412 g/mol. The first-order chi connectivity index (χ1) is 13.5. The number of likely N-dealkylation sites (N-methyl/N-ethyl adjacent to an activating group) is 1. The molecule has 0 saturated heterocycles. The average Bonchev–Trinajstić information content (AvgIpc) is 2.64. The summed E-state index contributed by atoms with van der Waals surface area (Å²) in [6, 6.07) is 8.87. The summed E-state index contributed by atoms with van der Waals surface area (Å²) in [5.41, 5.74) is 4.87. The summed E-state index contributed by atoms with van der Waals surface area (Å²) in [6.45, 7) is 0.825. The Bertz CT molecular complexity index is 981. The molecule has 0 bridgehead atoms. The molecule has 158 valence electrons. The molecule has 0 unspecified atom stereocenters. The molecule has 2 aromatic rings. The van der Waals surface area contributed by atoms with Crippen LogP contribution >= 0.6 is 0 Å². The van der Waals surface area contributed by atoms with Crippen LogP contribution in [0.1, 0.15) is 29.3 Å². The Morgan fingerprint density at radius 1 is 1.14 bits per heavy atom. The van der Waals surface area contributed by atoms with Crippen LogP contribution in [-0.4, -0.2) is 46.1 Å². The highest BCUT2D eigenvalue weighted by Crippen LogP contribution is 2.19. The van der Waals surface area contributed by atoms with Gasteiger partial charge in [0, 0.05) is 13.1 Å². The number of aromatic nitrogens is 2. The molecule has 10 heteroatoms. The first-order valence-corrected chi connectivity index (χ1v) is 9.00. The number of anilines is 1. The zero-order valence-corrected chi connectivity index (χ0v) is 16.2. The second kappa shape index (κ2) is 9.08. The topological polar surface area (TPSA) is 90.3 Å². The molecule has 1 heterocycles. The fourth-order valence-electron chi connectivity index (χ4n) is 2.90. The highest BCUT2D eigenvalue weighted by atomic mass is 19.4. The minimum Gasteiger partial charge on any atom is -0.384 e. The molecule has 2 N–H and O–H groups in total. The van der Waals surface area contributed by atoms with Crippen LogP contribution in [-0.2, 0) is 13.1 Å². The third kappa shape index (κ3) is 5.57. The first kappa shape index (κ1) is 22.4. The number of nitrogens with two attached hydrogens (primary N) is 1. The maximum atomic E-state index is 12.7. The minimum atomic E-state index is -4.35. The molecule has 0 aliphatic heterocycles. The number of hydrogen-bond acceptors (Lipinski definition) is 5. The van der Waals surface area contributed by atoms with E-state index in [9.17, 15) is 27.6 Å². The molecule has 0 aliphatic carbocycles. The van der Waals surface area contributed by atoms with Crippen LogP contribution in [0.5, 0.6) is 0 Å². The Labute approximate surface area is 165 Å². The van der Waals surface area contributed by atoms with E-state index >= 15 is 0 Å². The van der Waals surface area contributed by atoms with Crippen LogP contribution in [0.15, 0.2) is 39.9 Å². The molecule has 29 heavy (non-hydrogen) atoms. The van der Waals surface area contributed by atoms with Crippen LogP contribution in [0.25, 0.3) is 0 Å². The van der Waals surface area contributed by atoms with E-state index in [1.807, 2.05) is 0 Å². The third-order valence-electron chi connectivity index (χ3n) is 4.44. The van der Waals surface area contributed by atoms with Crippen molar-refractivity contribution in [2.75, 3.05) is 25.9 Å². The lowest BCUT2D eigenvalue weighted by atomic mass is 10.1. The van der Waals surface area contributed by atoms with E-state index < -0.39 is 42.7 Å². The maximum absolute atomic E-state index is 12.7. The number of benzene rings is 1. The minimum absolute atomic E-state index is 0.0247. The molecule has 0 radical (unpaired) electrons. The molecule has 1 aromatic heterocycles. The fraction of sp³-hybridized carbons (Fsp3) is 0.421. The van der Waals surface area contributed by atoms with Crippen molar-refractivity contribution in [2.24, 2.45) is 0 Å². The molecule has 1 aromatic carbocycles. The molecule has 2 rings (SSSR count). The number of Topliss-reactive ketones (excluding diaryl/α,β-unsaturated/α-hetero) is 1. The molecular weight excluding hydrogens is 389 g/mol. The van der Waals surface area contributed by atoms with E-state index in [0.717, 1.165) is 19.6 Å². The van der Waals surface area contributed by atoms with E-state index in [4.69, 9.17) is 5.73 Å². The summed E-state index contributed by atoms with van der Waals surface area (Å²) in [6.07, 6.45) is -5.44. The van der Waals surface area contributed by atoms with Crippen molar-refractivity contribution in [3.63, 3.8) is 0 Å². The lowest BCUT2D eigenvalue weighted by molar-refractivity contribution is -0.137. The third-order valence-corrected chi connectivity index (χ3v) is 4.44. The second-order valence-corrected chi connectivity index (χ2v) is 6.69. The Balaban J connectivity index is 2.40. The number of carbonyl (C=O) groups excluding carboxylic acids is 1. The van der Waals surface area contributed by atoms with Gasteiger partial charge in [-0.15, -0.1) is 0 Å². The van der Waals surface area contributed by atoms with Crippen molar-refractivity contribution in [3.05, 3.63) is 62.3 Å². The predicted molar refractivity (Wildman–Crippen MR) is 103 cm³/mol. The number of nitrogen functional groups attached to an aromatic ring is 1. The van der Waals surface area contributed by atoms with E-state index in [-0.39, 0.29) is 24.5 Å². The van der Waals surface area contributed by atoms with E-state index in [1.54, 1.807) is 37.3 Å². The van der Waals surface area contributed by atoms with Gasteiger partial charge in [0.25, 0.3) is 5.56 Å². The standard InChI is InChI=1S/C19H23F3N4O3/c1-3-25-17(28)15(14(27)12-24(2)10-9-19(20,21)22)16(23)26(18(25)29)11-13-7-5-4-6-8-13/h4-8H,3,9-12,23H2,1-2H3. The van der Waals surface area contributed by atoms with Gasteiger partial charge in [0.15, 0.2) is 5.78 Å². The Kier molecular flexibility index (Phi) is 7.02. The number of hydrogen-bond donors (Lipinski definition) is 1. The highest BCUT2D eigenvalue weighted by Gasteiger charge is 2.28. The molecule has 0 amide bonds. The molecular formula is C19H23F3N4O3. The van der Waals surface area contributed by atoms with Gasteiger partial charge in [-0.2, -0.15) is 13.2 Å². The summed E-state index contributed by atoms with van der Waals surface area (Å²) in [7, 11) is 1.35. The normalized spacial score (nSPS) is 11.8. The summed E-state index contributed by atoms with van der Waals surface area (Å²) >= 11 is 0. The van der Waals surface area contributed by atoms with Gasteiger partial charge in [0.05, 0.1) is 19.5 Å². The molecule has 7 nitrogen and oxygen atoms in total. The number of rotatable bonds is 8. The Morgan fingerprint density at radius 3 is 2.31 bits per heavy atom. The molecule has 0 atom stereocenters. The van der Waals surface area contributed by atoms with E-state index in [2.05, 4.69) is 0 Å². The summed E-state index contributed by atoms with van der Waals surface area (Å²) in [5.74, 6) is -1.02. The zero-order valence-electron chi connectivity index (χ0n) is 16.2. The zero-order chi connectivity index (χ0) is 21.8. The smallest absolute Gasteiger partial charge is 0.384 e. The SMILES string of the molecule is CCn1c(=O)c(C(=O)CN(C)CCC(F)(F)F)c(N)n(Cc2ccccc2)c1=O. The van der Waals surface area contributed by atoms with Crippen molar-refractivity contribution in [2.45, 2.75) is 32.6 Å². The largest absolute Gasteiger partial charge is 0.390 e. The van der Waals surface area contributed by atoms with Gasteiger partial charge < -0.3 is 5.73 Å². The highest BCUT2D eigenvalue weighted by molar-refractivity contribution is 6.01. The quantitative estimate of drug-likeness (QED) is 0.667. The van der Waals surface area contributed by atoms with Gasteiger partial charge >= 0.3 is 11.9 Å². The number of carbonyl (C=O) groups is 1. The number of nitrogens with zero attached hydrogens (tertiary/aromatic N) is 3. The second-order valence-electron chi connectivity index (χ2n) is 6.69. The number of alkyl halides is 3. The van der Waals surface area contributed by atoms with Crippen molar-refractivity contribution in [1.29, 1.82) is 0 Å². The van der Waals surface area contributed by atoms with Crippen molar-refractivity contribution < 1.29 is 18.0 Å². The van der Waals surface area contributed by atoms with Gasteiger partial charge in [-0.1, -0.05) is 30.3 Å². The van der Waals surface area contributed by atoms with Gasteiger partial charge in [-0.3, -0.25) is 23.6 Å². The molecule has 0 aliphatic rings. The molecule has 0 fully saturated rings. The van der Waals surface area contributed by atoms with Gasteiger partial charge in [-0.25, -0.2) is 4.79 Å². The summed E-state index contributed by atoms with van der Waals surface area (Å²) < 4.78 is 39.2. The fourth-order valence-corrected chi connectivity index (χ4v) is 2.90. The lowest BCUT2D eigenvalue weighted by Crippen LogP contribution is -2.45. The van der Waals surface area contributed by atoms with Crippen LogP contribution < -0.4 is 17.0 Å². The first-order valence-electron chi connectivity index (χ1n) is 9.00. The lowest BCUT2D eigenvalue weighted by Gasteiger charge is -2.19. The number of halogens is 3. The van der Waals surface area contributed by atoms with Crippen LogP contribution in [0, 0.1) is 0 Å². The van der Waals surface area contributed by atoms with Crippen molar-refractivity contribution in [3.8, 4) is 0 Å². The molecule has 0 spiro atoms. The summed E-state index contributed by atoms with van der Waals surface area (Å²) in [4.78, 5) is 39.1. The van der Waals surface area contributed by atoms with Gasteiger partial charge in [0.1, 0.15) is 11.4 Å². The van der Waals surface area contributed by atoms with Crippen LogP contribution in [0.2, 0.25) is 0 Å². The van der Waals surface area contributed by atoms with Crippen LogP contribution in [0.3, 0.4) is 0 Å². The Morgan fingerprint density at radius 2 is 1.76 bits per heavy atom. The number of ketones is 1. The van der Waals surface area contributed by atoms with Gasteiger partial charge in [0.2, 0.25) is 0 Å². The van der Waals surface area contributed by atoms with E-state index in [1.165, 1.54) is 7.05 Å². The van der Waals surface area contributed by atoms with Crippen molar-refractivity contribution in [1.82, 2.24) is 14.0 Å². The van der Waals surface area contributed by atoms with Crippen molar-refractivity contribution >= 4 is 11.6 Å².